The lowest BCUT2D eigenvalue weighted by Crippen LogP contribution is -2.24. The molecule has 18 heavy (non-hydrogen) atoms. The van der Waals surface area contributed by atoms with Gasteiger partial charge in [0, 0.05) is 18.8 Å². The SMILES string of the molecule is Cc1ccccc1Cn1nccc1CNC(C)C. The minimum Gasteiger partial charge on any atom is -0.309 e. The standard InChI is InChI=1S/C15H21N3/c1-12(2)16-10-15-8-9-17-18(15)11-14-7-5-4-6-13(14)3/h4-9,12,16H,10-11H2,1-3H3. The van der Waals surface area contributed by atoms with Gasteiger partial charge in [-0.1, -0.05) is 38.1 Å². The minimum absolute atomic E-state index is 0.492. The Morgan fingerprint density at radius 2 is 2.00 bits per heavy atom. The first-order chi connectivity index (χ1) is 8.66. The van der Waals surface area contributed by atoms with Crippen LogP contribution in [0.2, 0.25) is 0 Å². The maximum Gasteiger partial charge on any atom is 0.0665 e. The molecule has 0 aliphatic rings. The molecular weight excluding hydrogens is 222 g/mol. The molecule has 0 radical (unpaired) electrons. The summed E-state index contributed by atoms with van der Waals surface area (Å²) in [6.45, 7) is 8.16. The van der Waals surface area contributed by atoms with Crippen LogP contribution in [0.25, 0.3) is 0 Å². The molecule has 0 fully saturated rings. The molecule has 0 aliphatic carbocycles. The van der Waals surface area contributed by atoms with Crippen LogP contribution in [-0.4, -0.2) is 15.8 Å². The normalized spacial score (nSPS) is 11.1. The third kappa shape index (κ3) is 3.20. The Kier molecular flexibility index (Phi) is 4.15. The Labute approximate surface area is 109 Å². The average Bonchev–Trinajstić information content (AvgIpc) is 2.77. The van der Waals surface area contributed by atoms with Gasteiger partial charge in [-0.2, -0.15) is 5.10 Å². The third-order valence-electron chi connectivity index (χ3n) is 3.08. The minimum atomic E-state index is 0.492. The summed E-state index contributed by atoms with van der Waals surface area (Å²) >= 11 is 0. The van der Waals surface area contributed by atoms with E-state index in [0.717, 1.165) is 13.1 Å². The van der Waals surface area contributed by atoms with Gasteiger partial charge < -0.3 is 5.32 Å². The van der Waals surface area contributed by atoms with Crippen molar-refractivity contribution in [3.63, 3.8) is 0 Å². The largest absolute Gasteiger partial charge is 0.309 e. The molecule has 0 unspecified atom stereocenters. The first-order valence-electron chi connectivity index (χ1n) is 6.45. The number of nitrogens with zero attached hydrogens (tertiary/aromatic N) is 2. The molecule has 1 heterocycles. The predicted molar refractivity (Wildman–Crippen MR) is 74.5 cm³/mol. The molecule has 0 amide bonds. The molecule has 3 heteroatoms. The summed E-state index contributed by atoms with van der Waals surface area (Å²) in [6.07, 6.45) is 1.87. The number of nitrogens with one attached hydrogen (secondary N) is 1. The topological polar surface area (TPSA) is 29.9 Å². The van der Waals surface area contributed by atoms with E-state index in [1.54, 1.807) is 0 Å². The molecule has 0 spiro atoms. The van der Waals surface area contributed by atoms with Crippen molar-refractivity contribution < 1.29 is 0 Å². The van der Waals surface area contributed by atoms with Crippen LogP contribution in [0, 0.1) is 6.92 Å². The Balaban J connectivity index is 2.10. The Bertz CT molecular complexity index is 500. The summed E-state index contributed by atoms with van der Waals surface area (Å²) in [5.41, 5.74) is 3.87. The van der Waals surface area contributed by atoms with E-state index in [2.05, 4.69) is 66.2 Å². The number of aryl methyl sites for hydroxylation is 1. The van der Waals surface area contributed by atoms with Crippen LogP contribution in [0.3, 0.4) is 0 Å². The van der Waals surface area contributed by atoms with E-state index in [1.165, 1.54) is 16.8 Å². The van der Waals surface area contributed by atoms with Gasteiger partial charge in [0.25, 0.3) is 0 Å². The highest BCUT2D eigenvalue weighted by atomic mass is 15.3. The molecule has 2 aromatic rings. The lowest BCUT2D eigenvalue weighted by atomic mass is 10.1. The molecule has 0 saturated carbocycles. The molecular formula is C15H21N3. The zero-order valence-corrected chi connectivity index (χ0v) is 11.4. The quantitative estimate of drug-likeness (QED) is 0.875. The van der Waals surface area contributed by atoms with Gasteiger partial charge in [-0.25, -0.2) is 0 Å². The number of benzene rings is 1. The number of rotatable bonds is 5. The van der Waals surface area contributed by atoms with Gasteiger partial charge in [-0.15, -0.1) is 0 Å². The zero-order valence-electron chi connectivity index (χ0n) is 11.4. The number of aromatic nitrogens is 2. The summed E-state index contributed by atoms with van der Waals surface area (Å²) in [5, 5.41) is 7.84. The molecule has 1 aromatic carbocycles. The van der Waals surface area contributed by atoms with Crippen LogP contribution in [0.5, 0.6) is 0 Å². The van der Waals surface area contributed by atoms with Crippen molar-refractivity contribution in [1.82, 2.24) is 15.1 Å². The van der Waals surface area contributed by atoms with Crippen LogP contribution in [-0.2, 0) is 13.1 Å². The number of hydrogen-bond donors (Lipinski definition) is 1. The first kappa shape index (κ1) is 12.8. The lowest BCUT2D eigenvalue weighted by Gasteiger charge is -2.12. The molecule has 1 N–H and O–H groups in total. The van der Waals surface area contributed by atoms with Gasteiger partial charge in [0.05, 0.1) is 12.2 Å². The van der Waals surface area contributed by atoms with Crippen molar-refractivity contribution in [3.05, 3.63) is 53.3 Å². The molecule has 96 valence electrons. The summed E-state index contributed by atoms with van der Waals surface area (Å²) in [6, 6.07) is 11.0. The van der Waals surface area contributed by atoms with Crippen LogP contribution >= 0.6 is 0 Å². The monoisotopic (exact) mass is 243 g/mol. The molecule has 0 aliphatic heterocycles. The van der Waals surface area contributed by atoms with Gasteiger partial charge in [-0.3, -0.25) is 4.68 Å². The number of hydrogen-bond acceptors (Lipinski definition) is 2. The highest BCUT2D eigenvalue weighted by Gasteiger charge is 2.05. The van der Waals surface area contributed by atoms with Crippen LogP contribution in [0.1, 0.15) is 30.7 Å². The lowest BCUT2D eigenvalue weighted by molar-refractivity contribution is 0.547. The van der Waals surface area contributed by atoms with Crippen molar-refractivity contribution in [3.8, 4) is 0 Å². The molecule has 0 atom stereocenters. The maximum atomic E-state index is 4.41. The summed E-state index contributed by atoms with van der Waals surface area (Å²) in [4.78, 5) is 0. The molecule has 2 rings (SSSR count). The fraction of sp³-hybridized carbons (Fsp3) is 0.400. The van der Waals surface area contributed by atoms with Gasteiger partial charge in [0.15, 0.2) is 0 Å². The fourth-order valence-corrected chi connectivity index (χ4v) is 1.91. The van der Waals surface area contributed by atoms with E-state index < -0.39 is 0 Å². The van der Waals surface area contributed by atoms with Gasteiger partial charge in [0.1, 0.15) is 0 Å². The van der Waals surface area contributed by atoms with Crippen LogP contribution in [0.4, 0.5) is 0 Å². The second kappa shape index (κ2) is 5.83. The van der Waals surface area contributed by atoms with Crippen LogP contribution < -0.4 is 5.32 Å². The maximum absolute atomic E-state index is 4.41. The second-order valence-electron chi connectivity index (χ2n) is 4.94. The summed E-state index contributed by atoms with van der Waals surface area (Å²) in [7, 11) is 0. The Morgan fingerprint density at radius 1 is 1.22 bits per heavy atom. The molecule has 3 nitrogen and oxygen atoms in total. The van der Waals surface area contributed by atoms with E-state index in [0.29, 0.717) is 6.04 Å². The van der Waals surface area contributed by atoms with Crippen molar-refractivity contribution in [2.24, 2.45) is 0 Å². The molecule has 0 saturated heterocycles. The van der Waals surface area contributed by atoms with Gasteiger partial charge in [-0.05, 0) is 24.1 Å². The Hall–Kier alpha value is -1.61. The summed E-state index contributed by atoms with van der Waals surface area (Å²) in [5.74, 6) is 0. The highest BCUT2D eigenvalue weighted by molar-refractivity contribution is 5.26. The first-order valence-corrected chi connectivity index (χ1v) is 6.45. The van der Waals surface area contributed by atoms with Crippen molar-refractivity contribution in [2.45, 2.75) is 39.9 Å². The zero-order chi connectivity index (χ0) is 13.0. The molecule has 0 bridgehead atoms. The predicted octanol–water partition coefficient (Wildman–Crippen LogP) is 2.74. The van der Waals surface area contributed by atoms with Crippen molar-refractivity contribution in [1.29, 1.82) is 0 Å². The van der Waals surface area contributed by atoms with Gasteiger partial charge in [0.2, 0.25) is 0 Å². The van der Waals surface area contributed by atoms with E-state index in [4.69, 9.17) is 0 Å². The fourth-order valence-electron chi connectivity index (χ4n) is 1.91. The van der Waals surface area contributed by atoms with E-state index >= 15 is 0 Å². The average molecular weight is 243 g/mol. The third-order valence-corrected chi connectivity index (χ3v) is 3.08. The van der Waals surface area contributed by atoms with Crippen molar-refractivity contribution in [2.75, 3.05) is 0 Å². The molecule has 1 aromatic heterocycles. The second-order valence-corrected chi connectivity index (χ2v) is 4.94. The van der Waals surface area contributed by atoms with E-state index in [1.807, 2.05) is 6.20 Å². The highest BCUT2D eigenvalue weighted by Crippen LogP contribution is 2.10. The van der Waals surface area contributed by atoms with E-state index in [-0.39, 0.29) is 0 Å². The van der Waals surface area contributed by atoms with E-state index in [9.17, 15) is 0 Å². The smallest absolute Gasteiger partial charge is 0.0665 e. The van der Waals surface area contributed by atoms with Crippen molar-refractivity contribution >= 4 is 0 Å². The van der Waals surface area contributed by atoms with Crippen LogP contribution in [0.15, 0.2) is 36.5 Å². The van der Waals surface area contributed by atoms with Gasteiger partial charge >= 0.3 is 0 Å². The Morgan fingerprint density at radius 3 is 2.72 bits per heavy atom. The summed E-state index contributed by atoms with van der Waals surface area (Å²) < 4.78 is 2.07.